The summed E-state index contributed by atoms with van der Waals surface area (Å²) in [5, 5.41) is 1.22. The Morgan fingerprint density at radius 1 is 1.08 bits per heavy atom. The second kappa shape index (κ2) is 7.01. The quantitative estimate of drug-likeness (QED) is 0.735. The molecule has 2 aromatic heterocycles. The van der Waals surface area contributed by atoms with Crippen LogP contribution < -0.4 is 0 Å². The van der Waals surface area contributed by atoms with E-state index in [0.717, 1.165) is 43.4 Å². The number of hydrogen-bond donors (Lipinski definition) is 0. The fourth-order valence-corrected chi connectivity index (χ4v) is 3.75. The SMILES string of the molecule is O=C(c1ccncc1)N1CCC[C@@H](Cc2cccc3ncccc23)C1. The monoisotopic (exact) mass is 331 g/mol. The summed E-state index contributed by atoms with van der Waals surface area (Å²) in [5.41, 5.74) is 3.10. The van der Waals surface area contributed by atoms with Crippen molar-refractivity contribution in [2.24, 2.45) is 5.92 Å². The molecule has 3 aromatic rings. The van der Waals surface area contributed by atoms with Crippen molar-refractivity contribution in [3.8, 4) is 0 Å². The Kier molecular flexibility index (Phi) is 4.42. The number of nitrogens with zero attached hydrogens (tertiary/aromatic N) is 3. The van der Waals surface area contributed by atoms with E-state index < -0.39 is 0 Å². The van der Waals surface area contributed by atoms with E-state index in [1.54, 1.807) is 24.5 Å². The molecule has 1 aliphatic heterocycles. The highest BCUT2D eigenvalue weighted by molar-refractivity contribution is 5.94. The Hall–Kier alpha value is -2.75. The average molecular weight is 331 g/mol. The first-order valence-electron chi connectivity index (χ1n) is 8.83. The molecule has 4 heteroatoms. The zero-order valence-electron chi connectivity index (χ0n) is 14.1. The van der Waals surface area contributed by atoms with Gasteiger partial charge >= 0.3 is 0 Å². The molecule has 0 radical (unpaired) electrons. The zero-order valence-corrected chi connectivity index (χ0v) is 14.1. The number of benzene rings is 1. The van der Waals surface area contributed by atoms with Crippen molar-refractivity contribution in [3.63, 3.8) is 0 Å². The van der Waals surface area contributed by atoms with Crippen LogP contribution in [-0.4, -0.2) is 33.9 Å². The van der Waals surface area contributed by atoms with E-state index in [2.05, 4.69) is 34.2 Å². The number of hydrogen-bond acceptors (Lipinski definition) is 3. The fraction of sp³-hybridized carbons (Fsp3) is 0.286. The molecule has 0 N–H and O–H groups in total. The van der Waals surface area contributed by atoms with Gasteiger partial charge in [-0.3, -0.25) is 14.8 Å². The standard InChI is InChI=1S/C21H21N3O/c25-21(17-8-11-22-12-9-17)24-13-3-4-16(15-24)14-18-5-1-7-20-19(18)6-2-10-23-20/h1-2,5-12,16H,3-4,13-15H2/t16-/m0/s1. The van der Waals surface area contributed by atoms with Crippen molar-refractivity contribution in [1.82, 2.24) is 14.9 Å². The number of carbonyl (C=O) groups is 1. The van der Waals surface area contributed by atoms with Crippen LogP contribution in [0.3, 0.4) is 0 Å². The van der Waals surface area contributed by atoms with E-state index in [9.17, 15) is 4.79 Å². The number of piperidine rings is 1. The fourth-order valence-electron chi connectivity index (χ4n) is 3.75. The summed E-state index contributed by atoms with van der Waals surface area (Å²) in [5.74, 6) is 0.608. The third kappa shape index (κ3) is 3.38. The second-order valence-corrected chi connectivity index (χ2v) is 6.69. The van der Waals surface area contributed by atoms with Gasteiger partial charge in [0.2, 0.25) is 0 Å². The summed E-state index contributed by atoms with van der Waals surface area (Å²) in [6.45, 7) is 1.66. The number of carbonyl (C=O) groups excluding carboxylic acids is 1. The van der Waals surface area contributed by atoms with Crippen LogP contribution in [0.15, 0.2) is 61.1 Å². The number of fused-ring (bicyclic) bond motifs is 1. The van der Waals surface area contributed by atoms with Crippen LogP contribution >= 0.6 is 0 Å². The minimum Gasteiger partial charge on any atom is -0.338 e. The van der Waals surface area contributed by atoms with Crippen LogP contribution in [0.25, 0.3) is 10.9 Å². The van der Waals surface area contributed by atoms with E-state index in [1.807, 2.05) is 17.2 Å². The van der Waals surface area contributed by atoms with Gasteiger partial charge in [-0.2, -0.15) is 0 Å². The summed E-state index contributed by atoms with van der Waals surface area (Å²) in [6, 6.07) is 14.0. The van der Waals surface area contributed by atoms with Crippen molar-refractivity contribution < 1.29 is 4.79 Å². The first-order valence-corrected chi connectivity index (χ1v) is 8.83. The molecule has 1 fully saturated rings. The minimum atomic E-state index is 0.117. The highest BCUT2D eigenvalue weighted by Crippen LogP contribution is 2.25. The summed E-state index contributed by atoms with van der Waals surface area (Å²) in [7, 11) is 0. The predicted molar refractivity (Wildman–Crippen MR) is 98.3 cm³/mol. The topological polar surface area (TPSA) is 46.1 Å². The van der Waals surface area contributed by atoms with E-state index in [-0.39, 0.29) is 5.91 Å². The van der Waals surface area contributed by atoms with Gasteiger partial charge in [0.25, 0.3) is 5.91 Å². The van der Waals surface area contributed by atoms with E-state index in [1.165, 1.54) is 10.9 Å². The Balaban J connectivity index is 1.51. The first-order chi connectivity index (χ1) is 12.3. The van der Waals surface area contributed by atoms with Gasteiger partial charge in [0.15, 0.2) is 0 Å². The molecule has 0 aliphatic carbocycles. The second-order valence-electron chi connectivity index (χ2n) is 6.69. The lowest BCUT2D eigenvalue weighted by Gasteiger charge is -2.33. The summed E-state index contributed by atoms with van der Waals surface area (Å²) < 4.78 is 0. The van der Waals surface area contributed by atoms with Gasteiger partial charge in [-0.05, 0) is 55.0 Å². The number of amides is 1. The minimum absolute atomic E-state index is 0.117. The Morgan fingerprint density at radius 2 is 1.96 bits per heavy atom. The van der Waals surface area contributed by atoms with Gasteiger partial charge in [0.05, 0.1) is 5.52 Å². The van der Waals surface area contributed by atoms with Gasteiger partial charge in [0.1, 0.15) is 0 Å². The van der Waals surface area contributed by atoms with Crippen LogP contribution in [-0.2, 0) is 6.42 Å². The summed E-state index contributed by atoms with van der Waals surface area (Å²) in [6.07, 6.45) is 8.40. The largest absolute Gasteiger partial charge is 0.338 e. The van der Waals surface area contributed by atoms with Crippen molar-refractivity contribution in [1.29, 1.82) is 0 Å². The third-order valence-corrected chi connectivity index (χ3v) is 4.98. The molecule has 1 aliphatic rings. The van der Waals surface area contributed by atoms with Gasteiger partial charge in [0, 0.05) is 42.6 Å². The van der Waals surface area contributed by atoms with Crippen molar-refractivity contribution >= 4 is 16.8 Å². The molecule has 1 atom stereocenters. The lowest BCUT2D eigenvalue weighted by Crippen LogP contribution is -2.40. The van der Waals surface area contributed by atoms with Crippen molar-refractivity contribution in [3.05, 3.63) is 72.2 Å². The number of aromatic nitrogens is 2. The molecule has 4 rings (SSSR count). The van der Waals surface area contributed by atoms with Crippen LogP contribution in [0, 0.1) is 5.92 Å². The number of likely N-dealkylation sites (tertiary alicyclic amines) is 1. The molecule has 0 saturated carbocycles. The molecular formula is C21H21N3O. The molecular weight excluding hydrogens is 310 g/mol. The smallest absolute Gasteiger partial charge is 0.253 e. The molecule has 1 amide bonds. The maximum Gasteiger partial charge on any atom is 0.253 e. The molecule has 126 valence electrons. The van der Waals surface area contributed by atoms with Crippen molar-refractivity contribution in [2.45, 2.75) is 19.3 Å². The predicted octanol–water partition coefficient (Wildman–Crippen LogP) is 3.72. The number of pyridine rings is 2. The maximum atomic E-state index is 12.7. The lowest BCUT2D eigenvalue weighted by molar-refractivity contribution is 0.0673. The van der Waals surface area contributed by atoms with Crippen molar-refractivity contribution in [2.75, 3.05) is 13.1 Å². The van der Waals surface area contributed by atoms with Gasteiger partial charge < -0.3 is 4.90 Å². The summed E-state index contributed by atoms with van der Waals surface area (Å²) in [4.78, 5) is 23.1. The van der Waals surface area contributed by atoms with Crippen LogP contribution in [0.1, 0.15) is 28.8 Å². The van der Waals surface area contributed by atoms with Gasteiger partial charge in [-0.15, -0.1) is 0 Å². The van der Waals surface area contributed by atoms with Crippen LogP contribution in [0.5, 0.6) is 0 Å². The molecule has 1 saturated heterocycles. The zero-order chi connectivity index (χ0) is 17.1. The Labute approximate surface area is 147 Å². The molecule has 4 nitrogen and oxygen atoms in total. The van der Waals surface area contributed by atoms with Gasteiger partial charge in [-0.25, -0.2) is 0 Å². The molecule has 0 spiro atoms. The number of rotatable bonds is 3. The van der Waals surface area contributed by atoms with Crippen LogP contribution in [0.4, 0.5) is 0 Å². The average Bonchev–Trinajstić information content (AvgIpc) is 2.69. The summed E-state index contributed by atoms with van der Waals surface area (Å²) >= 11 is 0. The molecule has 1 aromatic carbocycles. The highest BCUT2D eigenvalue weighted by Gasteiger charge is 2.25. The highest BCUT2D eigenvalue weighted by atomic mass is 16.2. The Bertz CT molecular complexity index is 873. The van der Waals surface area contributed by atoms with E-state index in [0.29, 0.717) is 5.92 Å². The maximum absolute atomic E-state index is 12.7. The van der Waals surface area contributed by atoms with E-state index in [4.69, 9.17) is 0 Å². The molecule has 0 bridgehead atoms. The molecule has 25 heavy (non-hydrogen) atoms. The third-order valence-electron chi connectivity index (χ3n) is 4.98. The van der Waals surface area contributed by atoms with Gasteiger partial charge in [-0.1, -0.05) is 18.2 Å². The lowest BCUT2D eigenvalue weighted by atomic mass is 9.89. The molecule has 3 heterocycles. The van der Waals surface area contributed by atoms with Crippen LogP contribution in [0.2, 0.25) is 0 Å². The molecule has 0 unspecified atom stereocenters. The van der Waals surface area contributed by atoms with E-state index >= 15 is 0 Å². The normalized spacial score (nSPS) is 17.6. The first kappa shape index (κ1) is 15.8. The Morgan fingerprint density at radius 3 is 2.84 bits per heavy atom.